The maximum atomic E-state index is 13.6. The van der Waals surface area contributed by atoms with Crippen LogP contribution in [0.15, 0.2) is 71.5 Å². The minimum atomic E-state index is -0.608. The first kappa shape index (κ1) is 25.2. The van der Waals surface area contributed by atoms with Gasteiger partial charge in [-0.2, -0.15) is 0 Å². The van der Waals surface area contributed by atoms with Gasteiger partial charge in [-0.05, 0) is 55.5 Å². The smallest absolute Gasteiger partial charge is 0.266 e. The zero-order valence-corrected chi connectivity index (χ0v) is 21.3. The molecule has 0 saturated heterocycles. The SMILES string of the molecule is COCCN(C(=O)c1ccc(Cl)c(Cl)c1)C(C)c1nc2ccccc2c(=O)n1-c1cccc(Cl)c1. The normalized spacial score (nSPS) is 12.0. The summed E-state index contributed by atoms with van der Waals surface area (Å²) in [6.45, 7) is 2.37. The average Bonchev–Trinajstić information content (AvgIpc) is 2.85. The number of carbonyl (C=O) groups is 1. The Balaban J connectivity index is 1.90. The molecule has 0 aliphatic carbocycles. The largest absolute Gasteiger partial charge is 0.383 e. The highest BCUT2D eigenvalue weighted by Crippen LogP contribution is 2.28. The summed E-state index contributed by atoms with van der Waals surface area (Å²) in [5.74, 6) is 0.0913. The van der Waals surface area contributed by atoms with E-state index in [-0.39, 0.29) is 29.6 Å². The Hall–Kier alpha value is -2.90. The van der Waals surface area contributed by atoms with Gasteiger partial charge in [0.1, 0.15) is 5.82 Å². The summed E-state index contributed by atoms with van der Waals surface area (Å²) in [5, 5.41) is 1.56. The molecule has 3 aromatic carbocycles. The van der Waals surface area contributed by atoms with Crippen molar-refractivity contribution >= 4 is 51.6 Å². The quantitative estimate of drug-likeness (QED) is 0.286. The van der Waals surface area contributed by atoms with Gasteiger partial charge < -0.3 is 9.64 Å². The van der Waals surface area contributed by atoms with Crippen molar-refractivity contribution in [3.8, 4) is 5.69 Å². The van der Waals surface area contributed by atoms with Crippen molar-refractivity contribution in [1.29, 1.82) is 0 Å². The van der Waals surface area contributed by atoms with Crippen molar-refractivity contribution in [3.05, 3.63) is 104 Å². The Morgan fingerprint density at radius 3 is 2.51 bits per heavy atom. The zero-order valence-electron chi connectivity index (χ0n) is 19.0. The van der Waals surface area contributed by atoms with Gasteiger partial charge in [0.05, 0.1) is 39.3 Å². The number of methoxy groups -OCH3 is 1. The second-order valence-corrected chi connectivity index (χ2v) is 9.15. The summed E-state index contributed by atoms with van der Waals surface area (Å²) in [5.41, 5.74) is 1.19. The number of hydrogen-bond acceptors (Lipinski definition) is 4. The molecule has 0 aliphatic heterocycles. The molecule has 0 saturated carbocycles. The maximum absolute atomic E-state index is 13.6. The van der Waals surface area contributed by atoms with Crippen LogP contribution in [-0.4, -0.2) is 40.6 Å². The number of hydrogen-bond donors (Lipinski definition) is 0. The third kappa shape index (κ3) is 5.21. The van der Waals surface area contributed by atoms with Crippen molar-refractivity contribution in [2.45, 2.75) is 13.0 Å². The minimum Gasteiger partial charge on any atom is -0.383 e. The van der Waals surface area contributed by atoms with Crippen LogP contribution < -0.4 is 5.56 Å². The maximum Gasteiger partial charge on any atom is 0.266 e. The molecule has 0 spiro atoms. The molecule has 0 fully saturated rings. The molecule has 6 nitrogen and oxygen atoms in total. The highest BCUT2D eigenvalue weighted by molar-refractivity contribution is 6.42. The van der Waals surface area contributed by atoms with Gasteiger partial charge in [-0.3, -0.25) is 14.2 Å². The number of halogens is 3. The van der Waals surface area contributed by atoms with Crippen LogP contribution in [0, 0.1) is 0 Å². The second kappa shape index (κ2) is 10.8. The van der Waals surface area contributed by atoms with Gasteiger partial charge in [-0.15, -0.1) is 0 Å². The highest BCUT2D eigenvalue weighted by atomic mass is 35.5. The fourth-order valence-electron chi connectivity index (χ4n) is 3.89. The number of carbonyl (C=O) groups excluding carboxylic acids is 1. The second-order valence-electron chi connectivity index (χ2n) is 7.90. The van der Waals surface area contributed by atoms with E-state index < -0.39 is 6.04 Å². The molecule has 0 N–H and O–H groups in total. The van der Waals surface area contributed by atoms with Gasteiger partial charge in [0.2, 0.25) is 0 Å². The predicted molar refractivity (Wildman–Crippen MR) is 140 cm³/mol. The number of rotatable bonds is 7. The van der Waals surface area contributed by atoms with Gasteiger partial charge >= 0.3 is 0 Å². The summed E-state index contributed by atoms with van der Waals surface area (Å²) in [7, 11) is 1.56. The average molecular weight is 531 g/mol. The minimum absolute atomic E-state index is 0.256. The van der Waals surface area contributed by atoms with Crippen molar-refractivity contribution in [3.63, 3.8) is 0 Å². The van der Waals surface area contributed by atoms with Crippen LogP contribution in [-0.2, 0) is 4.74 Å². The Morgan fingerprint density at radius 2 is 1.80 bits per heavy atom. The number of amides is 1. The Morgan fingerprint density at radius 1 is 1.03 bits per heavy atom. The zero-order chi connectivity index (χ0) is 25.1. The van der Waals surface area contributed by atoms with Crippen LogP contribution in [0.2, 0.25) is 15.1 Å². The molecular formula is C26H22Cl3N3O3. The number of benzene rings is 3. The molecule has 0 aliphatic rings. The predicted octanol–water partition coefficient (Wildman–Crippen LogP) is 6.20. The fraction of sp³-hybridized carbons (Fsp3) is 0.192. The van der Waals surface area contributed by atoms with E-state index in [1.807, 2.05) is 13.0 Å². The van der Waals surface area contributed by atoms with E-state index in [1.54, 1.807) is 66.6 Å². The van der Waals surface area contributed by atoms with Gasteiger partial charge in [0.25, 0.3) is 11.5 Å². The lowest BCUT2D eigenvalue weighted by atomic mass is 10.1. The third-order valence-corrected chi connectivity index (χ3v) is 6.65. The van der Waals surface area contributed by atoms with E-state index in [0.29, 0.717) is 38.0 Å². The van der Waals surface area contributed by atoms with Crippen molar-refractivity contribution in [2.75, 3.05) is 20.3 Å². The molecule has 1 atom stereocenters. The molecule has 9 heteroatoms. The lowest BCUT2D eigenvalue weighted by molar-refractivity contribution is 0.0605. The Bertz CT molecular complexity index is 1450. The van der Waals surface area contributed by atoms with Gasteiger partial charge in [0.15, 0.2) is 0 Å². The van der Waals surface area contributed by atoms with Crippen molar-refractivity contribution in [2.24, 2.45) is 0 Å². The summed E-state index contributed by atoms with van der Waals surface area (Å²) in [6, 6.07) is 18.2. The van der Waals surface area contributed by atoms with Crippen molar-refractivity contribution in [1.82, 2.24) is 14.5 Å². The van der Waals surface area contributed by atoms with Crippen LogP contribution >= 0.6 is 34.8 Å². The van der Waals surface area contributed by atoms with Crippen LogP contribution in [0.4, 0.5) is 0 Å². The summed E-state index contributed by atoms with van der Waals surface area (Å²) in [4.78, 5) is 33.7. The molecule has 1 unspecified atom stereocenters. The van der Waals surface area contributed by atoms with Crippen molar-refractivity contribution < 1.29 is 9.53 Å². The van der Waals surface area contributed by atoms with E-state index in [1.165, 1.54) is 10.6 Å². The molecule has 1 aromatic heterocycles. The third-order valence-electron chi connectivity index (χ3n) is 5.67. The number of nitrogens with zero attached hydrogens (tertiary/aromatic N) is 3. The molecule has 0 radical (unpaired) electrons. The van der Waals surface area contributed by atoms with Crippen LogP contribution in [0.25, 0.3) is 16.6 Å². The monoisotopic (exact) mass is 529 g/mol. The van der Waals surface area contributed by atoms with Crippen LogP contribution in [0.1, 0.15) is 29.1 Å². The highest BCUT2D eigenvalue weighted by Gasteiger charge is 2.28. The number of aromatic nitrogens is 2. The fourth-order valence-corrected chi connectivity index (χ4v) is 4.37. The molecule has 4 aromatic rings. The first-order valence-electron chi connectivity index (χ1n) is 10.8. The van der Waals surface area contributed by atoms with E-state index in [4.69, 9.17) is 44.5 Å². The van der Waals surface area contributed by atoms with Gasteiger partial charge in [-0.1, -0.05) is 53.0 Å². The van der Waals surface area contributed by atoms with Gasteiger partial charge in [0, 0.05) is 24.2 Å². The summed E-state index contributed by atoms with van der Waals surface area (Å²) < 4.78 is 6.77. The van der Waals surface area contributed by atoms with E-state index in [9.17, 15) is 9.59 Å². The molecular weight excluding hydrogens is 509 g/mol. The van der Waals surface area contributed by atoms with E-state index >= 15 is 0 Å². The molecule has 0 bridgehead atoms. The van der Waals surface area contributed by atoms with E-state index in [2.05, 4.69) is 0 Å². The number of ether oxygens (including phenoxy) is 1. The summed E-state index contributed by atoms with van der Waals surface area (Å²) in [6.07, 6.45) is 0. The standard InChI is InChI=1S/C26H22Cl3N3O3/c1-16(31(12-13-35-2)25(33)17-10-11-21(28)22(29)14-17)24-30-23-9-4-3-8-20(23)26(34)32(24)19-7-5-6-18(27)15-19/h3-11,14-16H,12-13H2,1-2H3. The first-order valence-corrected chi connectivity index (χ1v) is 12.0. The van der Waals surface area contributed by atoms with Crippen LogP contribution in [0.5, 0.6) is 0 Å². The lowest BCUT2D eigenvalue weighted by Gasteiger charge is -2.30. The lowest BCUT2D eigenvalue weighted by Crippen LogP contribution is -2.39. The molecule has 4 rings (SSSR count). The van der Waals surface area contributed by atoms with Crippen LogP contribution in [0.3, 0.4) is 0 Å². The van der Waals surface area contributed by atoms with Gasteiger partial charge in [-0.25, -0.2) is 4.98 Å². The molecule has 35 heavy (non-hydrogen) atoms. The van der Waals surface area contributed by atoms with E-state index in [0.717, 1.165) is 0 Å². The molecule has 1 amide bonds. The first-order chi connectivity index (χ1) is 16.8. The molecule has 180 valence electrons. The number of para-hydroxylation sites is 1. The topological polar surface area (TPSA) is 64.4 Å². The Labute approximate surface area is 217 Å². The number of fused-ring (bicyclic) bond motifs is 1. The summed E-state index contributed by atoms with van der Waals surface area (Å²) >= 11 is 18.5. The molecule has 1 heterocycles. The Kier molecular flexibility index (Phi) is 7.77.